The van der Waals surface area contributed by atoms with Gasteiger partial charge < -0.3 is 4.90 Å². The maximum atomic E-state index is 6.02. The van der Waals surface area contributed by atoms with Crippen molar-refractivity contribution in [3.8, 4) is 0 Å². The molecule has 0 unspecified atom stereocenters. The third-order valence-corrected chi connectivity index (χ3v) is 3.63. The van der Waals surface area contributed by atoms with E-state index in [-0.39, 0.29) is 0 Å². The predicted molar refractivity (Wildman–Crippen MR) is 83.1 cm³/mol. The van der Waals surface area contributed by atoms with E-state index in [2.05, 4.69) is 40.6 Å². The maximum absolute atomic E-state index is 6.02. The van der Waals surface area contributed by atoms with Crippen LogP contribution >= 0.6 is 24.2 Å². The fourth-order valence-electron chi connectivity index (χ4n) is 2.16. The molecule has 4 heteroatoms. The van der Waals surface area contributed by atoms with E-state index in [0.717, 1.165) is 43.5 Å². The lowest BCUT2D eigenvalue weighted by atomic mass is 10.2. The van der Waals surface area contributed by atoms with Crippen LogP contribution in [0.4, 0.5) is 5.69 Å². The standard InChI is InChI=1S/C14H19ClN2S/c15-13-4-3-5-14(12-13)17-9-7-16(8-10-17)6-1-2-11-18/h1-5,12,18H,6-11H2. The Kier molecular flexibility index (Phi) is 5.42. The van der Waals surface area contributed by atoms with E-state index in [1.807, 2.05) is 18.2 Å². The van der Waals surface area contributed by atoms with Crippen LogP contribution in [0.5, 0.6) is 0 Å². The average Bonchev–Trinajstić information content (AvgIpc) is 2.40. The summed E-state index contributed by atoms with van der Waals surface area (Å²) in [6.07, 6.45) is 4.30. The van der Waals surface area contributed by atoms with Gasteiger partial charge in [-0.05, 0) is 18.2 Å². The molecule has 0 spiro atoms. The SMILES string of the molecule is SCC=CCN1CCN(c2cccc(Cl)c2)CC1. The summed E-state index contributed by atoms with van der Waals surface area (Å²) < 4.78 is 0. The van der Waals surface area contributed by atoms with Gasteiger partial charge in [0.15, 0.2) is 0 Å². The highest BCUT2D eigenvalue weighted by Crippen LogP contribution is 2.20. The van der Waals surface area contributed by atoms with Crippen LogP contribution in [0.3, 0.4) is 0 Å². The zero-order chi connectivity index (χ0) is 12.8. The molecule has 0 N–H and O–H groups in total. The van der Waals surface area contributed by atoms with Crippen molar-refractivity contribution < 1.29 is 0 Å². The predicted octanol–water partition coefficient (Wildman–Crippen LogP) is 2.95. The lowest BCUT2D eigenvalue weighted by Gasteiger charge is -2.35. The molecule has 1 heterocycles. The molecule has 98 valence electrons. The first-order valence-corrected chi connectivity index (χ1v) is 7.29. The summed E-state index contributed by atoms with van der Waals surface area (Å²) >= 11 is 10.2. The van der Waals surface area contributed by atoms with Crippen LogP contribution < -0.4 is 4.90 Å². The van der Waals surface area contributed by atoms with Crippen molar-refractivity contribution in [1.29, 1.82) is 0 Å². The van der Waals surface area contributed by atoms with E-state index < -0.39 is 0 Å². The lowest BCUT2D eigenvalue weighted by molar-refractivity contribution is 0.284. The van der Waals surface area contributed by atoms with Crippen molar-refractivity contribution in [2.75, 3.05) is 43.4 Å². The Morgan fingerprint density at radius 1 is 1.17 bits per heavy atom. The summed E-state index contributed by atoms with van der Waals surface area (Å²) in [5, 5.41) is 0.812. The van der Waals surface area contributed by atoms with Crippen LogP contribution in [0, 0.1) is 0 Å². The summed E-state index contributed by atoms with van der Waals surface area (Å²) in [6.45, 7) is 5.36. The molecule has 0 aromatic heterocycles. The second-order valence-corrected chi connectivity index (χ2v) is 5.22. The molecular formula is C14H19ClN2S. The summed E-state index contributed by atoms with van der Waals surface area (Å²) in [5.41, 5.74) is 1.23. The fraction of sp³-hybridized carbons (Fsp3) is 0.429. The number of hydrogen-bond donors (Lipinski definition) is 1. The number of benzene rings is 1. The van der Waals surface area contributed by atoms with E-state index in [4.69, 9.17) is 11.6 Å². The van der Waals surface area contributed by atoms with Gasteiger partial charge in [0.05, 0.1) is 0 Å². The zero-order valence-corrected chi connectivity index (χ0v) is 12.1. The monoisotopic (exact) mass is 282 g/mol. The fourth-order valence-corrected chi connectivity index (χ4v) is 2.49. The summed E-state index contributed by atoms with van der Waals surface area (Å²) in [5.74, 6) is 0.822. The van der Waals surface area contributed by atoms with Crippen molar-refractivity contribution in [2.45, 2.75) is 0 Å². The quantitative estimate of drug-likeness (QED) is 0.670. The van der Waals surface area contributed by atoms with Gasteiger partial charge in [-0.25, -0.2) is 0 Å². The van der Waals surface area contributed by atoms with Gasteiger partial charge in [-0.3, -0.25) is 4.90 Å². The van der Waals surface area contributed by atoms with Crippen LogP contribution in [0.25, 0.3) is 0 Å². The smallest absolute Gasteiger partial charge is 0.0426 e. The first-order valence-electron chi connectivity index (χ1n) is 6.28. The summed E-state index contributed by atoms with van der Waals surface area (Å²) in [7, 11) is 0. The lowest BCUT2D eigenvalue weighted by Crippen LogP contribution is -2.46. The van der Waals surface area contributed by atoms with Crippen LogP contribution in [0.15, 0.2) is 36.4 Å². The van der Waals surface area contributed by atoms with Crippen molar-refractivity contribution in [2.24, 2.45) is 0 Å². The van der Waals surface area contributed by atoms with Crippen molar-refractivity contribution >= 4 is 29.9 Å². The van der Waals surface area contributed by atoms with Gasteiger partial charge >= 0.3 is 0 Å². The molecule has 1 aliphatic heterocycles. The minimum absolute atomic E-state index is 0.812. The van der Waals surface area contributed by atoms with Gasteiger partial charge in [-0.15, -0.1) is 0 Å². The molecule has 1 aliphatic rings. The molecule has 0 atom stereocenters. The van der Waals surface area contributed by atoms with Crippen molar-refractivity contribution in [3.05, 3.63) is 41.4 Å². The first-order chi connectivity index (χ1) is 8.79. The Labute approximate surface area is 120 Å². The minimum Gasteiger partial charge on any atom is -0.369 e. The Balaban J connectivity index is 1.85. The highest BCUT2D eigenvalue weighted by Gasteiger charge is 2.16. The molecule has 2 rings (SSSR count). The molecule has 2 nitrogen and oxygen atoms in total. The summed E-state index contributed by atoms with van der Waals surface area (Å²) in [4.78, 5) is 4.85. The van der Waals surface area contributed by atoms with Gasteiger partial charge in [0.1, 0.15) is 0 Å². The van der Waals surface area contributed by atoms with Crippen LogP contribution in [-0.4, -0.2) is 43.4 Å². The van der Waals surface area contributed by atoms with E-state index in [9.17, 15) is 0 Å². The second-order valence-electron chi connectivity index (χ2n) is 4.42. The molecular weight excluding hydrogens is 264 g/mol. The molecule has 0 radical (unpaired) electrons. The van der Waals surface area contributed by atoms with E-state index in [1.165, 1.54) is 5.69 Å². The molecule has 1 aromatic carbocycles. The number of nitrogens with zero attached hydrogens (tertiary/aromatic N) is 2. The van der Waals surface area contributed by atoms with Crippen LogP contribution in [0.2, 0.25) is 5.02 Å². The molecule has 1 aromatic rings. The van der Waals surface area contributed by atoms with Gasteiger partial charge in [0.25, 0.3) is 0 Å². The Hall–Kier alpha value is -0.640. The summed E-state index contributed by atoms with van der Waals surface area (Å²) in [6, 6.07) is 8.10. The van der Waals surface area contributed by atoms with E-state index in [1.54, 1.807) is 0 Å². The molecule has 18 heavy (non-hydrogen) atoms. The van der Waals surface area contributed by atoms with E-state index >= 15 is 0 Å². The maximum Gasteiger partial charge on any atom is 0.0426 e. The third-order valence-electron chi connectivity index (χ3n) is 3.18. The van der Waals surface area contributed by atoms with Gasteiger partial charge in [-0.1, -0.05) is 29.8 Å². The topological polar surface area (TPSA) is 6.48 Å². The molecule has 0 bridgehead atoms. The zero-order valence-electron chi connectivity index (χ0n) is 10.4. The second kappa shape index (κ2) is 7.07. The number of rotatable bonds is 4. The van der Waals surface area contributed by atoms with Gasteiger partial charge in [0.2, 0.25) is 0 Å². The number of thiol groups is 1. The highest BCUT2D eigenvalue weighted by atomic mass is 35.5. The number of hydrogen-bond acceptors (Lipinski definition) is 3. The molecule has 0 saturated carbocycles. The van der Waals surface area contributed by atoms with Gasteiger partial charge in [0, 0.05) is 49.2 Å². The van der Waals surface area contributed by atoms with E-state index in [0.29, 0.717) is 0 Å². The Morgan fingerprint density at radius 2 is 1.94 bits per heavy atom. The molecule has 1 fully saturated rings. The molecule has 0 amide bonds. The largest absolute Gasteiger partial charge is 0.369 e. The Morgan fingerprint density at radius 3 is 2.61 bits per heavy atom. The van der Waals surface area contributed by atoms with Crippen LogP contribution in [0.1, 0.15) is 0 Å². The normalized spacial score (nSPS) is 17.6. The number of halogens is 1. The van der Waals surface area contributed by atoms with Gasteiger partial charge in [-0.2, -0.15) is 12.6 Å². The highest BCUT2D eigenvalue weighted by molar-refractivity contribution is 7.80. The number of piperazine rings is 1. The van der Waals surface area contributed by atoms with Crippen molar-refractivity contribution in [3.63, 3.8) is 0 Å². The first kappa shape index (κ1) is 13.8. The average molecular weight is 283 g/mol. The molecule has 1 saturated heterocycles. The van der Waals surface area contributed by atoms with Crippen molar-refractivity contribution in [1.82, 2.24) is 4.90 Å². The Bertz CT molecular complexity index is 401. The van der Waals surface area contributed by atoms with Crippen LogP contribution in [-0.2, 0) is 0 Å². The number of anilines is 1. The minimum atomic E-state index is 0.812. The third kappa shape index (κ3) is 3.94. The molecule has 0 aliphatic carbocycles.